The highest BCUT2D eigenvalue weighted by molar-refractivity contribution is 7.89. The molecule has 0 radical (unpaired) electrons. The van der Waals surface area contributed by atoms with Crippen LogP contribution in [0.5, 0.6) is 0 Å². The van der Waals surface area contributed by atoms with Gasteiger partial charge in [0.2, 0.25) is 16.0 Å². The number of rotatable bonds is 4. The van der Waals surface area contributed by atoms with Crippen molar-refractivity contribution in [2.45, 2.75) is 11.8 Å². The SMILES string of the molecule is Cc1cc(N2CCOCC2)nc(N2CCN(S(=O)(=O)c3cccc(Cl)c3)CC2)n1. The largest absolute Gasteiger partial charge is 0.378 e. The van der Waals surface area contributed by atoms with Crippen molar-refractivity contribution in [1.82, 2.24) is 14.3 Å². The molecule has 4 rings (SSSR count). The van der Waals surface area contributed by atoms with E-state index in [2.05, 4.69) is 9.88 Å². The van der Waals surface area contributed by atoms with Gasteiger partial charge in [-0.2, -0.15) is 9.29 Å². The molecule has 3 heterocycles. The van der Waals surface area contributed by atoms with Crippen molar-refractivity contribution in [3.63, 3.8) is 0 Å². The maximum absolute atomic E-state index is 12.9. The molecule has 8 nitrogen and oxygen atoms in total. The number of benzene rings is 1. The highest BCUT2D eigenvalue weighted by Crippen LogP contribution is 2.23. The number of hydrogen-bond donors (Lipinski definition) is 0. The third kappa shape index (κ3) is 4.48. The molecule has 2 aliphatic heterocycles. The van der Waals surface area contributed by atoms with E-state index in [0.29, 0.717) is 50.4 Å². The van der Waals surface area contributed by atoms with Crippen molar-refractivity contribution in [1.29, 1.82) is 0 Å². The van der Waals surface area contributed by atoms with E-state index in [0.717, 1.165) is 24.6 Å². The zero-order chi connectivity index (χ0) is 20.4. The average Bonchev–Trinajstić information content (AvgIpc) is 2.74. The number of halogens is 1. The fourth-order valence-electron chi connectivity index (χ4n) is 3.54. The molecule has 10 heteroatoms. The highest BCUT2D eigenvalue weighted by atomic mass is 35.5. The second-order valence-electron chi connectivity index (χ2n) is 7.12. The topological polar surface area (TPSA) is 78.9 Å². The summed E-state index contributed by atoms with van der Waals surface area (Å²) in [6.07, 6.45) is 0. The Morgan fingerprint density at radius 1 is 0.966 bits per heavy atom. The van der Waals surface area contributed by atoms with E-state index in [4.69, 9.17) is 21.3 Å². The maximum Gasteiger partial charge on any atom is 0.243 e. The molecule has 156 valence electrons. The minimum atomic E-state index is -3.56. The van der Waals surface area contributed by atoms with Gasteiger partial charge in [-0.15, -0.1) is 0 Å². The molecule has 0 atom stereocenters. The standard InChI is InChI=1S/C19H24ClN5O3S/c1-15-13-18(23-9-11-28-12-10-23)22-19(21-15)24-5-7-25(8-6-24)29(26,27)17-4-2-3-16(20)14-17/h2-4,13-14H,5-12H2,1H3. The van der Waals surface area contributed by atoms with Gasteiger partial charge in [0.25, 0.3) is 0 Å². The Morgan fingerprint density at radius 3 is 2.38 bits per heavy atom. The van der Waals surface area contributed by atoms with Crippen LogP contribution in [0.4, 0.5) is 11.8 Å². The zero-order valence-corrected chi connectivity index (χ0v) is 17.9. The van der Waals surface area contributed by atoms with Crippen LogP contribution >= 0.6 is 11.6 Å². The van der Waals surface area contributed by atoms with E-state index in [9.17, 15) is 8.42 Å². The Bertz CT molecular complexity index is 974. The first-order chi connectivity index (χ1) is 13.9. The average molecular weight is 438 g/mol. The molecule has 2 aliphatic rings. The molecule has 0 amide bonds. The van der Waals surface area contributed by atoms with Gasteiger partial charge in [-0.3, -0.25) is 0 Å². The van der Waals surface area contributed by atoms with E-state index < -0.39 is 10.0 Å². The molecule has 0 unspecified atom stereocenters. The first-order valence-corrected chi connectivity index (χ1v) is 11.4. The van der Waals surface area contributed by atoms with Crippen LogP contribution in [0.15, 0.2) is 35.2 Å². The number of morpholine rings is 1. The number of sulfonamides is 1. The first-order valence-electron chi connectivity index (χ1n) is 9.62. The van der Waals surface area contributed by atoms with Gasteiger partial charge in [-0.25, -0.2) is 13.4 Å². The van der Waals surface area contributed by atoms with E-state index in [1.807, 2.05) is 17.9 Å². The first kappa shape index (κ1) is 20.3. The summed E-state index contributed by atoms with van der Waals surface area (Å²) >= 11 is 5.97. The normalized spacial score (nSPS) is 18.8. The molecular formula is C19H24ClN5O3S. The lowest BCUT2D eigenvalue weighted by molar-refractivity contribution is 0.122. The fraction of sp³-hybridized carbons (Fsp3) is 0.474. The van der Waals surface area contributed by atoms with Crippen LogP contribution in [0.3, 0.4) is 0 Å². The zero-order valence-electron chi connectivity index (χ0n) is 16.3. The van der Waals surface area contributed by atoms with Crippen LogP contribution in [0.25, 0.3) is 0 Å². The van der Waals surface area contributed by atoms with E-state index >= 15 is 0 Å². The highest BCUT2D eigenvalue weighted by Gasteiger charge is 2.30. The number of aromatic nitrogens is 2. The second kappa shape index (κ2) is 8.43. The van der Waals surface area contributed by atoms with Crippen molar-refractivity contribution >= 4 is 33.4 Å². The molecule has 2 saturated heterocycles. The Balaban J connectivity index is 1.47. The third-order valence-electron chi connectivity index (χ3n) is 5.12. The molecule has 0 saturated carbocycles. The summed E-state index contributed by atoms with van der Waals surface area (Å²) in [6, 6.07) is 8.36. The van der Waals surface area contributed by atoms with Crippen molar-refractivity contribution in [3.8, 4) is 0 Å². The predicted octanol–water partition coefficient (Wildman–Crippen LogP) is 1.79. The quantitative estimate of drug-likeness (QED) is 0.721. The lowest BCUT2D eigenvalue weighted by Crippen LogP contribution is -2.49. The number of aryl methyl sites for hydroxylation is 1. The summed E-state index contributed by atoms with van der Waals surface area (Å²) in [5.41, 5.74) is 0.894. The summed E-state index contributed by atoms with van der Waals surface area (Å²) in [5.74, 6) is 1.54. The van der Waals surface area contributed by atoms with E-state index in [-0.39, 0.29) is 4.90 Å². The van der Waals surface area contributed by atoms with Crippen LogP contribution in [-0.2, 0) is 14.8 Å². The monoisotopic (exact) mass is 437 g/mol. The van der Waals surface area contributed by atoms with Crippen LogP contribution < -0.4 is 9.80 Å². The molecule has 1 aromatic carbocycles. The van der Waals surface area contributed by atoms with Crippen molar-refractivity contribution in [2.75, 3.05) is 62.3 Å². The lowest BCUT2D eigenvalue weighted by atomic mass is 10.3. The Hall–Kier alpha value is -1.94. The molecule has 2 aromatic rings. The summed E-state index contributed by atoms with van der Waals surface area (Å²) in [5, 5.41) is 0.411. The minimum absolute atomic E-state index is 0.222. The summed E-state index contributed by atoms with van der Waals surface area (Å²) in [7, 11) is -3.56. The van der Waals surface area contributed by atoms with Gasteiger partial charge in [0.15, 0.2) is 0 Å². The fourth-order valence-corrected chi connectivity index (χ4v) is 5.26. The number of anilines is 2. The molecule has 0 bridgehead atoms. The molecule has 2 fully saturated rings. The summed E-state index contributed by atoms with van der Waals surface area (Å²) in [6.45, 7) is 6.77. The van der Waals surface area contributed by atoms with Crippen molar-refractivity contribution in [3.05, 3.63) is 41.0 Å². The molecule has 0 aliphatic carbocycles. The van der Waals surface area contributed by atoms with Gasteiger partial charge in [0, 0.05) is 56.1 Å². The molecule has 0 N–H and O–H groups in total. The van der Waals surface area contributed by atoms with Gasteiger partial charge >= 0.3 is 0 Å². The number of hydrogen-bond acceptors (Lipinski definition) is 7. The van der Waals surface area contributed by atoms with E-state index in [1.54, 1.807) is 18.2 Å². The number of piperazine rings is 1. The van der Waals surface area contributed by atoms with Crippen LogP contribution in [0, 0.1) is 6.92 Å². The van der Waals surface area contributed by atoms with E-state index in [1.165, 1.54) is 10.4 Å². The van der Waals surface area contributed by atoms with Gasteiger partial charge < -0.3 is 14.5 Å². The second-order valence-corrected chi connectivity index (χ2v) is 9.49. The third-order valence-corrected chi connectivity index (χ3v) is 7.25. The van der Waals surface area contributed by atoms with Crippen LogP contribution in [0.2, 0.25) is 5.02 Å². The maximum atomic E-state index is 12.9. The van der Waals surface area contributed by atoms with Crippen molar-refractivity contribution in [2.24, 2.45) is 0 Å². The van der Waals surface area contributed by atoms with Gasteiger partial charge in [-0.1, -0.05) is 17.7 Å². The van der Waals surface area contributed by atoms with Gasteiger partial charge in [0.05, 0.1) is 18.1 Å². The van der Waals surface area contributed by atoms with Crippen LogP contribution in [0.1, 0.15) is 5.69 Å². The lowest BCUT2D eigenvalue weighted by Gasteiger charge is -2.35. The summed E-state index contributed by atoms with van der Waals surface area (Å²) in [4.78, 5) is 13.8. The molecule has 29 heavy (non-hydrogen) atoms. The minimum Gasteiger partial charge on any atom is -0.378 e. The number of ether oxygens (including phenoxy) is 1. The molecule has 0 spiro atoms. The van der Waals surface area contributed by atoms with Gasteiger partial charge in [-0.05, 0) is 25.1 Å². The van der Waals surface area contributed by atoms with Crippen LogP contribution in [-0.4, -0.2) is 75.2 Å². The molecule has 1 aromatic heterocycles. The molecular weight excluding hydrogens is 414 g/mol. The Kier molecular flexibility index (Phi) is 5.91. The number of nitrogens with zero attached hydrogens (tertiary/aromatic N) is 5. The Labute approximate surface area is 176 Å². The van der Waals surface area contributed by atoms with Crippen molar-refractivity contribution < 1.29 is 13.2 Å². The Morgan fingerprint density at radius 2 is 1.69 bits per heavy atom. The van der Waals surface area contributed by atoms with Gasteiger partial charge in [0.1, 0.15) is 5.82 Å². The summed E-state index contributed by atoms with van der Waals surface area (Å²) < 4.78 is 32.7. The smallest absolute Gasteiger partial charge is 0.243 e. The predicted molar refractivity (Wildman–Crippen MR) is 112 cm³/mol.